The van der Waals surface area contributed by atoms with Crippen LogP contribution in [0.5, 0.6) is 0 Å². The minimum absolute atomic E-state index is 0.768. The molecule has 0 aromatic carbocycles. The second-order valence-corrected chi connectivity index (χ2v) is 4.92. The Kier molecular flexibility index (Phi) is 2.43. The van der Waals surface area contributed by atoms with Crippen molar-refractivity contribution in [1.82, 2.24) is 9.97 Å². The van der Waals surface area contributed by atoms with Crippen molar-refractivity contribution in [2.45, 2.75) is 44.9 Å². The van der Waals surface area contributed by atoms with Crippen molar-refractivity contribution in [3.8, 4) is 0 Å². The van der Waals surface area contributed by atoms with Crippen LogP contribution in [0.4, 0.5) is 0 Å². The Morgan fingerprint density at radius 3 is 2.88 bits per heavy atom. The highest BCUT2D eigenvalue weighted by Crippen LogP contribution is 2.37. The Labute approximate surface area is 96.1 Å². The zero-order chi connectivity index (χ0) is 11.0. The molecule has 1 N–H and O–H groups in total. The fraction of sp³-hybridized carbons (Fsp3) is 0.500. The molecule has 2 heteroatoms. The van der Waals surface area contributed by atoms with Gasteiger partial charge < -0.3 is 4.98 Å². The molecule has 84 valence electrons. The monoisotopic (exact) mass is 214 g/mol. The number of fused-ring (bicyclic) bond motifs is 1. The van der Waals surface area contributed by atoms with Crippen molar-refractivity contribution < 1.29 is 0 Å². The fourth-order valence-electron chi connectivity index (χ4n) is 3.12. The van der Waals surface area contributed by atoms with Gasteiger partial charge in [0, 0.05) is 17.3 Å². The highest BCUT2D eigenvalue weighted by molar-refractivity contribution is 5.84. The third-order valence-corrected chi connectivity index (χ3v) is 3.85. The Morgan fingerprint density at radius 2 is 2.06 bits per heavy atom. The first-order valence-corrected chi connectivity index (χ1v) is 6.28. The molecule has 0 amide bonds. The number of hydrogen-bond donors (Lipinski definition) is 1. The first kappa shape index (κ1) is 9.88. The van der Waals surface area contributed by atoms with Crippen LogP contribution in [0.25, 0.3) is 10.9 Å². The van der Waals surface area contributed by atoms with E-state index in [-0.39, 0.29) is 0 Å². The second-order valence-electron chi connectivity index (χ2n) is 4.92. The molecular formula is C14H18N2. The lowest BCUT2D eigenvalue weighted by Crippen LogP contribution is -2.05. The van der Waals surface area contributed by atoms with Crippen molar-refractivity contribution >= 4 is 10.9 Å². The molecule has 2 aromatic heterocycles. The van der Waals surface area contributed by atoms with Gasteiger partial charge in [-0.2, -0.15) is 0 Å². The summed E-state index contributed by atoms with van der Waals surface area (Å²) in [7, 11) is 0. The van der Waals surface area contributed by atoms with Crippen LogP contribution >= 0.6 is 0 Å². The standard InChI is InChI=1S/C14H18N2/c1-10-14(11-5-3-2-4-6-11)12-7-8-15-9-13(12)16-10/h7-9,11,16H,2-6H2,1H3. The van der Waals surface area contributed by atoms with Gasteiger partial charge in [0.25, 0.3) is 0 Å². The second kappa shape index (κ2) is 3.93. The Balaban J connectivity index is 2.10. The summed E-state index contributed by atoms with van der Waals surface area (Å²) < 4.78 is 0. The minimum atomic E-state index is 0.768. The van der Waals surface area contributed by atoms with E-state index in [1.807, 2.05) is 12.4 Å². The van der Waals surface area contributed by atoms with Crippen molar-refractivity contribution in [3.05, 3.63) is 29.7 Å². The van der Waals surface area contributed by atoms with E-state index in [0.29, 0.717) is 0 Å². The van der Waals surface area contributed by atoms with Crippen molar-refractivity contribution in [3.63, 3.8) is 0 Å². The van der Waals surface area contributed by atoms with E-state index in [1.54, 1.807) is 5.56 Å². The highest BCUT2D eigenvalue weighted by Gasteiger charge is 2.20. The summed E-state index contributed by atoms with van der Waals surface area (Å²) in [6.45, 7) is 2.20. The lowest BCUT2D eigenvalue weighted by Gasteiger charge is -2.22. The molecule has 0 bridgehead atoms. The lowest BCUT2D eigenvalue weighted by molar-refractivity contribution is 0.444. The molecule has 1 saturated carbocycles. The number of rotatable bonds is 1. The van der Waals surface area contributed by atoms with Crippen LogP contribution in [0.2, 0.25) is 0 Å². The number of nitrogens with one attached hydrogen (secondary N) is 1. The number of hydrogen-bond acceptors (Lipinski definition) is 1. The topological polar surface area (TPSA) is 28.7 Å². The van der Waals surface area contributed by atoms with E-state index >= 15 is 0 Å². The number of aromatic nitrogens is 2. The zero-order valence-corrected chi connectivity index (χ0v) is 9.79. The van der Waals surface area contributed by atoms with Gasteiger partial charge in [0.05, 0.1) is 11.7 Å². The number of H-pyrrole nitrogens is 1. The molecule has 16 heavy (non-hydrogen) atoms. The normalized spacial score (nSPS) is 18.1. The van der Waals surface area contributed by atoms with Crippen LogP contribution in [-0.2, 0) is 0 Å². The smallest absolute Gasteiger partial charge is 0.0645 e. The van der Waals surface area contributed by atoms with Crippen LogP contribution in [0.3, 0.4) is 0 Å². The predicted octanol–water partition coefficient (Wildman–Crippen LogP) is 3.92. The molecule has 3 rings (SSSR count). The van der Waals surface area contributed by atoms with E-state index in [4.69, 9.17) is 0 Å². The maximum atomic E-state index is 4.18. The van der Waals surface area contributed by atoms with Crippen LogP contribution in [-0.4, -0.2) is 9.97 Å². The van der Waals surface area contributed by atoms with Crippen molar-refractivity contribution in [2.24, 2.45) is 0 Å². The van der Waals surface area contributed by atoms with Crippen LogP contribution in [0.1, 0.15) is 49.3 Å². The summed E-state index contributed by atoms with van der Waals surface area (Å²) in [5, 5.41) is 1.39. The van der Waals surface area contributed by atoms with Gasteiger partial charge in [0.2, 0.25) is 0 Å². The van der Waals surface area contributed by atoms with Crippen molar-refractivity contribution in [2.75, 3.05) is 0 Å². The molecule has 2 aromatic rings. The minimum Gasteiger partial charge on any atom is -0.357 e. The molecule has 2 heterocycles. The first-order valence-electron chi connectivity index (χ1n) is 6.28. The lowest BCUT2D eigenvalue weighted by atomic mass is 9.83. The summed E-state index contributed by atoms with van der Waals surface area (Å²) in [5.41, 5.74) is 4.09. The summed E-state index contributed by atoms with van der Waals surface area (Å²) in [5.74, 6) is 0.768. The molecule has 0 spiro atoms. The van der Waals surface area contributed by atoms with Crippen LogP contribution in [0, 0.1) is 6.92 Å². The average molecular weight is 214 g/mol. The fourth-order valence-corrected chi connectivity index (χ4v) is 3.12. The summed E-state index contributed by atoms with van der Waals surface area (Å²) in [6, 6.07) is 2.16. The van der Waals surface area contributed by atoms with Crippen molar-refractivity contribution in [1.29, 1.82) is 0 Å². The molecule has 1 aliphatic carbocycles. The predicted molar refractivity (Wildman–Crippen MR) is 66.7 cm³/mol. The van der Waals surface area contributed by atoms with Gasteiger partial charge in [-0.05, 0) is 37.3 Å². The number of pyridine rings is 1. The molecule has 1 fully saturated rings. The maximum absolute atomic E-state index is 4.18. The largest absolute Gasteiger partial charge is 0.357 e. The van der Waals surface area contributed by atoms with E-state index in [0.717, 1.165) is 5.92 Å². The molecule has 0 radical (unpaired) electrons. The van der Waals surface area contributed by atoms with Gasteiger partial charge in [-0.15, -0.1) is 0 Å². The van der Waals surface area contributed by atoms with Gasteiger partial charge in [-0.1, -0.05) is 19.3 Å². The van der Waals surface area contributed by atoms with Gasteiger partial charge >= 0.3 is 0 Å². The maximum Gasteiger partial charge on any atom is 0.0645 e. The number of aromatic amines is 1. The van der Waals surface area contributed by atoms with Gasteiger partial charge in [-0.3, -0.25) is 4.98 Å². The Bertz CT molecular complexity index is 492. The molecule has 0 aliphatic heterocycles. The van der Waals surface area contributed by atoms with E-state index < -0.39 is 0 Å². The third kappa shape index (κ3) is 1.53. The molecule has 0 atom stereocenters. The van der Waals surface area contributed by atoms with E-state index in [2.05, 4.69) is 23.0 Å². The molecule has 1 aliphatic rings. The van der Waals surface area contributed by atoms with Gasteiger partial charge in [0.1, 0.15) is 0 Å². The summed E-state index contributed by atoms with van der Waals surface area (Å²) in [4.78, 5) is 7.64. The van der Waals surface area contributed by atoms with Gasteiger partial charge in [0.15, 0.2) is 0 Å². The molecule has 0 saturated heterocycles. The summed E-state index contributed by atoms with van der Waals surface area (Å²) >= 11 is 0. The van der Waals surface area contributed by atoms with Crippen LogP contribution < -0.4 is 0 Å². The Hall–Kier alpha value is -1.31. The SMILES string of the molecule is Cc1[nH]c2cnccc2c1C1CCCCC1. The molecule has 2 nitrogen and oxygen atoms in total. The third-order valence-electron chi connectivity index (χ3n) is 3.85. The first-order chi connectivity index (χ1) is 7.86. The average Bonchev–Trinajstić information content (AvgIpc) is 2.66. The number of nitrogens with zero attached hydrogens (tertiary/aromatic N) is 1. The van der Waals surface area contributed by atoms with Gasteiger partial charge in [-0.25, -0.2) is 0 Å². The van der Waals surface area contributed by atoms with Crippen LogP contribution in [0.15, 0.2) is 18.5 Å². The van der Waals surface area contributed by atoms with E-state index in [1.165, 1.54) is 48.7 Å². The summed E-state index contributed by atoms with van der Waals surface area (Å²) in [6.07, 6.45) is 10.8. The highest BCUT2D eigenvalue weighted by atomic mass is 14.8. The quantitative estimate of drug-likeness (QED) is 0.765. The molecule has 0 unspecified atom stereocenters. The Morgan fingerprint density at radius 1 is 1.25 bits per heavy atom. The zero-order valence-electron chi connectivity index (χ0n) is 9.79. The van der Waals surface area contributed by atoms with E-state index in [9.17, 15) is 0 Å². The number of aryl methyl sites for hydroxylation is 1. The molecular weight excluding hydrogens is 196 g/mol.